The Morgan fingerprint density at radius 1 is 1.00 bits per heavy atom. The van der Waals surface area contributed by atoms with Crippen LogP contribution in [0.5, 0.6) is 0 Å². The van der Waals surface area contributed by atoms with Gasteiger partial charge >= 0.3 is 5.97 Å². The van der Waals surface area contributed by atoms with Crippen LogP contribution in [0.4, 0.5) is 11.4 Å². The third kappa shape index (κ3) is 6.57. The molecule has 1 aliphatic heterocycles. The molecule has 0 aliphatic carbocycles. The van der Waals surface area contributed by atoms with Crippen LogP contribution in [0.2, 0.25) is 0 Å². The Kier molecular flexibility index (Phi) is 8.25. The van der Waals surface area contributed by atoms with Gasteiger partial charge in [0, 0.05) is 30.0 Å². The highest BCUT2D eigenvalue weighted by molar-refractivity contribution is 5.96. The van der Waals surface area contributed by atoms with Gasteiger partial charge < -0.3 is 20.3 Å². The maximum Gasteiger partial charge on any atom is 0.338 e. The number of ether oxygens (including phenoxy) is 1. The molecule has 1 heterocycles. The zero-order valence-corrected chi connectivity index (χ0v) is 18.7. The molecule has 7 nitrogen and oxygen atoms in total. The molecule has 1 fully saturated rings. The predicted octanol–water partition coefficient (Wildman–Crippen LogP) is 4.18. The van der Waals surface area contributed by atoms with Crippen molar-refractivity contribution in [3.8, 4) is 0 Å². The normalized spacial score (nSPS) is 14.0. The van der Waals surface area contributed by atoms with Crippen molar-refractivity contribution in [1.82, 2.24) is 4.90 Å². The second-order valence-electron chi connectivity index (χ2n) is 8.17. The maximum absolute atomic E-state index is 12.8. The summed E-state index contributed by atoms with van der Waals surface area (Å²) < 4.78 is 5.09. The highest BCUT2D eigenvalue weighted by Crippen LogP contribution is 2.19. The van der Waals surface area contributed by atoms with Crippen LogP contribution in [0.3, 0.4) is 0 Å². The molecule has 2 aromatic rings. The van der Waals surface area contributed by atoms with Gasteiger partial charge in [0.25, 0.3) is 5.91 Å². The molecule has 32 heavy (non-hydrogen) atoms. The lowest BCUT2D eigenvalue weighted by Crippen LogP contribution is -2.37. The van der Waals surface area contributed by atoms with Crippen LogP contribution in [0.25, 0.3) is 0 Å². The Morgan fingerprint density at radius 3 is 2.41 bits per heavy atom. The number of rotatable bonds is 8. The van der Waals surface area contributed by atoms with E-state index in [4.69, 9.17) is 4.74 Å². The first-order chi connectivity index (χ1) is 15.5. The molecule has 0 atom stereocenters. The minimum absolute atomic E-state index is 0.0301. The number of nitrogens with zero attached hydrogens (tertiary/aromatic N) is 1. The molecule has 0 radical (unpaired) electrons. The van der Waals surface area contributed by atoms with Crippen LogP contribution in [0.1, 0.15) is 53.8 Å². The fourth-order valence-electron chi connectivity index (χ4n) is 3.51. The number of hydrogen-bond acceptors (Lipinski definition) is 5. The molecule has 3 rings (SSSR count). The summed E-state index contributed by atoms with van der Waals surface area (Å²) in [6, 6.07) is 13.8. The summed E-state index contributed by atoms with van der Waals surface area (Å²) in [5, 5.41) is 5.85. The van der Waals surface area contributed by atoms with Gasteiger partial charge in [0.05, 0.1) is 18.7 Å². The summed E-state index contributed by atoms with van der Waals surface area (Å²) >= 11 is 0. The predicted molar refractivity (Wildman–Crippen MR) is 125 cm³/mol. The van der Waals surface area contributed by atoms with E-state index in [1.165, 1.54) is 0 Å². The molecule has 2 aromatic carbocycles. The number of amides is 2. The molecule has 2 amide bonds. The third-order valence-corrected chi connectivity index (χ3v) is 5.48. The molecular weight excluding hydrogens is 406 g/mol. The number of piperidine rings is 1. The van der Waals surface area contributed by atoms with E-state index in [0.717, 1.165) is 32.4 Å². The second kappa shape index (κ2) is 11.3. The van der Waals surface area contributed by atoms with Crippen molar-refractivity contribution in [2.45, 2.75) is 33.1 Å². The third-order valence-electron chi connectivity index (χ3n) is 5.48. The molecule has 0 saturated carbocycles. The molecule has 170 valence electrons. The molecular formula is C25H31N3O4. The standard InChI is InChI=1S/C25H31N3O4/c1-3-15-32-25(31)19-7-9-21(10-8-19)27-23(29)17-26-22-6-4-5-20(16-22)24(30)28-13-11-18(2)12-14-28/h4-10,16,18,26H,3,11-15,17H2,1-2H3,(H,27,29). The number of benzene rings is 2. The quantitative estimate of drug-likeness (QED) is 0.605. The van der Waals surface area contributed by atoms with Crippen LogP contribution in [0, 0.1) is 5.92 Å². The fourth-order valence-corrected chi connectivity index (χ4v) is 3.51. The molecule has 0 aromatic heterocycles. The van der Waals surface area contributed by atoms with E-state index in [0.29, 0.717) is 35.0 Å². The topological polar surface area (TPSA) is 87.7 Å². The van der Waals surface area contributed by atoms with E-state index in [1.54, 1.807) is 36.4 Å². The van der Waals surface area contributed by atoms with Gasteiger partial charge in [-0.2, -0.15) is 0 Å². The first-order valence-electron chi connectivity index (χ1n) is 11.2. The summed E-state index contributed by atoms with van der Waals surface area (Å²) in [4.78, 5) is 38.8. The summed E-state index contributed by atoms with van der Waals surface area (Å²) in [6.07, 6.45) is 2.83. The van der Waals surface area contributed by atoms with Crippen molar-refractivity contribution >= 4 is 29.2 Å². The number of esters is 1. The second-order valence-corrected chi connectivity index (χ2v) is 8.17. The largest absolute Gasteiger partial charge is 0.462 e. The van der Waals surface area contributed by atoms with E-state index < -0.39 is 0 Å². The number of carbonyl (C=O) groups is 3. The van der Waals surface area contributed by atoms with Crippen molar-refractivity contribution in [1.29, 1.82) is 0 Å². The zero-order valence-electron chi connectivity index (χ0n) is 18.7. The highest BCUT2D eigenvalue weighted by atomic mass is 16.5. The Morgan fingerprint density at radius 2 is 1.72 bits per heavy atom. The van der Waals surface area contributed by atoms with Gasteiger partial charge in [-0.25, -0.2) is 4.79 Å². The molecule has 1 saturated heterocycles. The Balaban J connectivity index is 1.50. The van der Waals surface area contributed by atoms with Crippen LogP contribution in [0.15, 0.2) is 48.5 Å². The van der Waals surface area contributed by atoms with Crippen molar-refractivity contribution in [3.05, 3.63) is 59.7 Å². The van der Waals surface area contributed by atoms with E-state index in [1.807, 2.05) is 24.0 Å². The lowest BCUT2D eigenvalue weighted by Gasteiger charge is -2.30. The monoisotopic (exact) mass is 437 g/mol. The van der Waals surface area contributed by atoms with Gasteiger partial charge in [-0.1, -0.05) is 19.9 Å². The fraction of sp³-hybridized carbons (Fsp3) is 0.400. The molecule has 0 unspecified atom stereocenters. The van der Waals surface area contributed by atoms with Crippen molar-refractivity contribution in [3.63, 3.8) is 0 Å². The van der Waals surface area contributed by atoms with Gasteiger partial charge in [-0.3, -0.25) is 9.59 Å². The number of carbonyl (C=O) groups excluding carboxylic acids is 3. The summed E-state index contributed by atoms with van der Waals surface area (Å²) in [7, 11) is 0. The van der Waals surface area contributed by atoms with E-state index in [-0.39, 0.29) is 24.3 Å². The van der Waals surface area contributed by atoms with Gasteiger partial charge in [0.15, 0.2) is 0 Å². The number of anilines is 2. The van der Waals surface area contributed by atoms with Gasteiger partial charge in [0.1, 0.15) is 0 Å². The van der Waals surface area contributed by atoms with E-state index in [2.05, 4.69) is 17.6 Å². The Hall–Kier alpha value is -3.35. The molecule has 7 heteroatoms. The molecule has 0 spiro atoms. The van der Waals surface area contributed by atoms with Crippen LogP contribution in [-0.4, -0.2) is 48.9 Å². The van der Waals surface area contributed by atoms with Gasteiger partial charge in [0.2, 0.25) is 5.91 Å². The van der Waals surface area contributed by atoms with Crippen LogP contribution >= 0.6 is 0 Å². The van der Waals surface area contributed by atoms with Crippen molar-refractivity contribution in [2.24, 2.45) is 5.92 Å². The Labute approximate surface area is 189 Å². The SMILES string of the molecule is CCCOC(=O)c1ccc(NC(=O)CNc2cccc(C(=O)N3CCC(C)CC3)c2)cc1. The number of likely N-dealkylation sites (tertiary alicyclic amines) is 1. The zero-order chi connectivity index (χ0) is 22.9. The lowest BCUT2D eigenvalue weighted by molar-refractivity contribution is -0.114. The average molecular weight is 438 g/mol. The lowest BCUT2D eigenvalue weighted by atomic mass is 9.98. The first-order valence-corrected chi connectivity index (χ1v) is 11.2. The molecule has 0 bridgehead atoms. The van der Waals surface area contributed by atoms with Crippen LogP contribution < -0.4 is 10.6 Å². The minimum atomic E-state index is -0.375. The maximum atomic E-state index is 12.8. The number of nitrogens with one attached hydrogen (secondary N) is 2. The highest BCUT2D eigenvalue weighted by Gasteiger charge is 2.21. The van der Waals surface area contributed by atoms with E-state index >= 15 is 0 Å². The number of hydrogen-bond donors (Lipinski definition) is 2. The average Bonchev–Trinajstić information content (AvgIpc) is 2.82. The van der Waals surface area contributed by atoms with E-state index in [9.17, 15) is 14.4 Å². The van der Waals surface area contributed by atoms with Crippen molar-refractivity contribution in [2.75, 3.05) is 36.9 Å². The smallest absolute Gasteiger partial charge is 0.338 e. The summed E-state index contributed by atoms with van der Waals surface area (Å²) in [5.74, 6) is 0.0899. The Bertz CT molecular complexity index is 934. The van der Waals surface area contributed by atoms with Gasteiger partial charge in [-0.15, -0.1) is 0 Å². The summed E-state index contributed by atoms with van der Waals surface area (Å²) in [6.45, 7) is 6.16. The molecule has 1 aliphatic rings. The van der Waals surface area contributed by atoms with Crippen LogP contribution in [-0.2, 0) is 9.53 Å². The molecule has 2 N–H and O–H groups in total. The summed E-state index contributed by atoms with van der Waals surface area (Å²) in [5.41, 5.74) is 2.37. The van der Waals surface area contributed by atoms with Gasteiger partial charge in [-0.05, 0) is 67.6 Å². The minimum Gasteiger partial charge on any atom is -0.462 e. The first kappa shape index (κ1) is 23.3. The van der Waals surface area contributed by atoms with Crippen molar-refractivity contribution < 1.29 is 19.1 Å².